The number of aromatic nitrogens is 3. The van der Waals surface area contributed by atoms with Crippen LogP contribution in [0.1, 0.15) is 5.56 Å². The van der Waals surface area contributed by atoms with Gasteiger partial charge in [0.1, 0.15) is 21.6 Å². The Hall–Kier alpha value is -2.42. The van der Waals surface area contributed by atoms with Crippen molar-refractivity contribution in [3.63, 3.8) is 0 Å². The Kier molecular flexibility index (Phi) is 6.33. The number of hydrogen-bond donors (Lipinski definition) is 0. The predicted molar refractivity (Wildman–Crippen MR) is 100 cm³/mol. The van der Waals surface area contributed by atoms with Crippen LogP contribution in [0, 0.1) is 0 Å². The molecule has 0 saturated heterocycles. The summed E-state index contributed by atoms with van der Waals surface area (Å²) in [5.74, 6) is 0.337. The minimum absolute atomic E-state index is 0.0954. The van der Waals surface area contributed by atoms with E-state index in [0.717, 1.165) is 10.2 Å². The third-order valence-electron chi connectivity index (χ3n) is 3.70. The molecule has 0 aliphatic heterocycles. The summed E-state index contributed by atoms with van der Waals surface area (Å²) in [5.41, 5.74) is 1.32. The van der Waals surface area contributed by atoms with Crippen LogP contribution in [-0.2, 0) is 18.4 Å². The molecule has 0 unspecified atom stereocenters. The predicted octanol–water partition coefficient (Wildman–Crippen LogP) is 5.33. The molecule has 1 aromatic carbocycles. The molecule has 3 aromatic rings. The molecule has 148 valence electrons. The van der Waals surface area contributed by atoms with Gasteiger partial charge >= 0.3 is 6.61 Å². The number of alkyl halides is 2. The molecule has 2 aromatic heterocycles. The minimum atomic E-state index is -3.04. The highest BCUT2D eigenvalue weighted by molar-refractivity contribution is 6.34. The van der Waals surface area contributed by atoms with Crippen molar-refractivity contribution in [2.24, 2.45) is 7.05 Å². The highest BCUT2D eigenvalue weighted by atomic mass is 35.5. The van der Waals surface area contributed by atoms with Gasteiger partial charge in [0.15, 0.2) is 0 Å². The van der Waals surface area contributed by atoms with Crippen LogP contribution < -0.4 is 9.47 Å². The monoisotopic (exact) mass is 429 g/mol. The second-order valence-electron chi connectivity index (χ2n) is 5.60. The number of ether oxygens (including phenoxy) is 3. The molecule has 6 nitrogen and oxygen atoms in total. The molecule has 10 heteroatoms. The fourth-order valence-corrected chi connectivity index (χ4v) is 2.97. The summed E-state index contributed by atoms with van der Waals surface area (Å²) < 4.78 is 41.9. The van der Waals surface area contributed by atoms with E-state index in [2.05, 4.69) is 14.8 Å². The Labute approximate surface area is 169 Å². The molecule has 0 saturated carbocycles. The van der Waals surface area contributed by atoms with Crippen LogP contribution in [0.4, 0.5) is 8.78 Å². The largest absolute Gasteiger partial charge is 0.438 e. The Bertz CT molecular complexity index is 983. The molecule has 0 spiro atoms. The van der Waals surface area contributed by atoms with Crippen LogP contribution in [0.3, 0.4) is 0 Å². The van der Waals surface area contributed by atoms with Crippen molar-refractivity contribution in [3.05, 3.63) is 52.1 Å². The van der Waals surface area contributed by atoms with Crippen molar-refractivity contribution in [1.29, 1.82) is 0 Å². The zero-order valence-corrected chi connectivity index (χ0v) is 16.3. The van der Waals surface area contributed by atoms with E-state index >= 15 is 0 Å². The van der Waals surface area contributed by atoms with Crippen molar-refractivity contribution in [2.75, 3.05) is 7.11 Å². The molecule has 0 N–H and O–H groups in total. The van der Waals surface area contributed by atoms with Gasteiger partial charge in [0.05, 0.1) is 12.2 Å². The summed E-state index contributed by atoms with van der Waals surface area (Å²) >= 11 is 12.2. The highest BCUT2D eigenvalue weighted by Crippen LogP contribution is 2.40. The van der Waals surface area contributed by atoms with E-state index in [1.54, 1.807) is 25.3 Å². The van der Waals surface area contributed by atoms with Gasteiger partial charge in [0, 0.05) is 19.7 Å². The number of hydrogen-bond acceptors (Lipinski definition) is 5. The first-order valence-electron chi connectivity index (χ1n) is 7.99. The van der Waals surface area contributed by atoms with Gasteiger partial charge in [-0.05, 0) is 18.2 Å². The normalized spacial score (nSPS) is 11.1. The molecule has 0 atom stereocenters. The van der Waals surface area contributed by atoms with Crippen molar-refractivity contribution < 1.29 is 23.0 Å². The standard InChI is InChI=1S/C18H15Cl2F2N3O3/c1-25-17(28-18(21)22)14(20)15(24-25)11-7-8-13(19)23-16(11)27-12-6-4-3-5-10(12)9-26-2/h3-8,18H,9H2,1-2H3. The van der Waals surface area contributed by atoms with Crippen LogP contribution >= 0.6 is 23.2 Å². The van der Waals surface area contributed by atoms with Crippen molar-refractivity contribution in [2.45, 2.75) is 13.2 Å². The van der Waals surface area contributed by atoms with Crippen molar-refractivity contribution >= 4 is 23.2 Å². The Balaban J connectivity index is 2.06. The number of methoxy groups -OCH3 is 1. The summed E-state index contributed by atoms with van der Waals surface area (Å²) in [6.07, 6.45) is 0. The van der Waals surface area contributed by atoms with Gasteiger partial charge in [-0.3, -0.25) is 0 Å². The fourth-order valence-electron chi connectivity index (χ4n) is 2.53. The lowest BCUT2D eigenvalue weighted by Crippen LogP contribution is -2.06. The topological polar surface area (TPSA) is 58.4 Å². The second-order valence-corrected chi connectivity index (χ2v) is 6.36. The lowest BCUT2D eigenvalue weighted by atomic mass is 10.2. The summed E-state index contributed by atoms with van der Waals surface area (Å²) in [7, 11) is 3.00. The third-order valence-corrected chi connectivity index (χ3v) is 4.25. The maximum Gasteiger partial charge on any atom is 0.388 e. The fraction of sp³-hybridized carbons (Fsp3) is 0.222. The first kappa shape index (κ1) is 20.3. The summed E-state index contributed by atoms with van der Waals surface area (Å²) in [5, 5.41) is 4.25. The number of para-hydroxylation sites is 1. The van der Waals surface area contributed by atoms with Crippen LogP contribution in [-0.4, -0.2) is 28.5 Å². The van der Waals surface area contributed by atoms with Crippen molar-refractivity contribution in [3.8, 4) is 28.8 Å². The summed E-state index contributed by atoms with van der Waals surface area (Å²) in [6, 6.07) is 10.3. The molecule has 0 fully saturated rings. The molecule has 0 aliphatic rings. The van der Waals surface area contributed by atoms with E-state index < -0.39 is 6.61 Å². The number of rotatable bonds is 7. The molecule has 28 heavy (non-hydrogen) atoms. The number of pyridine rings is 1. The van der Waals surface area contributed by atoms with Crippen LogP contribution in [0.2, 0.25) is 10.2 Å². The van der Waals surface area contributed by atoms with Crippen LogP contribution in [0.5, 0.6) is 17.5 Å². The quantitative estimate of drug-likeness (QED) is 0.475. The van der Waals surface area contributed by atoms with Crippen molar-refractivity contribution in [1.82, 2.24) is 14.8 Å². The lowest BCUT2D eigenvalue weighted by molar-refractivity contribution is -0.0552. The SMILES string of the molecule is COCc1ccccc1Oc1nc(Cl)ccc1-c1nn(C)c(OC(F)F)c1Cl. The molecule has 0 bridgehead atoms. The average Bonchev–Trinajstić information content (AvgIpc) is 2.91. The number of halogens is 4. The third kappa shape index (κ3) is 4.35. The van der Waals surface area contributed by atoms with E-state index in [0.29, 0.717) is 17.9 Å². The van der Waals surface area contributed by atoms with E-state index in [9.17, 15) is 8.78 Å². The Morgan fingerprint density at radius 1 is 1.14 bits per heavy atom. The van der Waals surface area contributed by atoms with E-state index in [1.807, 2.05) is 12.1 Å². The molecular weight excluding hydrogens is 415 g/mol. The number of nitrogens with zero attached hydrogens (tertiary/aromatic N) is 3. The molecule has 2 heterocycles. The first-order chi connectivity index (χ1) is 13.4. The summed E-state index contributed by atoms with van der Waals surface area (Å²) in [6.45, 7) is -2.72. The Morgan fingerprint density at radius 2 is 1.89 bits per heavy atom. The van der Waals surface area contributed by atoms with Gasteiger partial charge in [0.2, 0.25) is 11.8 Å². The Morgan fingerprint density at radius 3 is 2.61 bits per heavy atom. The molecule has 0 amide bonds. The maximum absolute atomic E-state index is 12.6. The van der Waals surface area contributed by atoms with E-state index in [-0.39, 0.29) is 27.6 Å². The van der Waals surface area contributed by atoms with Crippen LogP contribution in [0.25, 0.3) is 11.3 Å². The highest BCUT2D eigenvalue weighted by Gasteiger charge is 2.24. The van der Waals surface area contributed by atoms with Gasteiger partial charge < -0.3 is 14.2 Å². The van der Waals surface area contributed by atoms with Gasteiger partial charge in [-0.2, -0.15) is 13.9 Å². The zero-order chi connectivity index (χ0) is 20.3. The van der Waals surface area contributed by atoms with E-state index in [4.69, 9.17) is 32.7 Å². The van der Waals surface area contributed by atoms with Crippen LogP contribution in [0.15, 0.2) is 36.4 Å². The summed E-state index contributed by atoms with van der Waals surface area (Å²) in [4.78, 5) is 4.19. The van der Waals surface area contributed by atoms with Gasteiger partial charge in [-0.25, -0.2) is 9.67 Å². The van der Waals surface area contributed by atoms with Gasteiger partial charge in [-0.1, -0.05) is 41.4 Å². The minimum Gasteiger partial charge on any atom is -0.438 e. The average molecular weight is 430 g/mol. The second kappa shape index (κ2) is 8.72. The number of aryl methyl sites for hydroxylation is 1. The molecule has 0 aliphatic carbocycles. The molecule has 0 radical (unpaired) electrons. The maximum atomic E-state index is 12.6. The first-order valence-corrected chi connectivity index (χ1v) is 8.75. The van der Waals surface area contributed by atoms with Gasteiger partial charge in [0.25, 0.3) is 0 Å². The smallest absolute Gasteiger partial charge is 0.388 e. The van der Waals surface area contributed by atoms with E-state index in [1.165, 1.54) is 13.1 Å². The molecule has 3 rings (SSSR count). The number of benzene rings is 1. The van der Waals surface area contributed by atoms with Gasteiger partial charge in [-0.15, -0.1) is 0 Å². The molecular formula is C18H15Cl2F2N3O3. The zero-order valence-electron chi connectivity index (χ0n) is 14.8. The lowest BCUT2D eigenvalue weighted by Gasteiger charge is -2.12.